The number of carboxylic acids is 1. The number of likely N-dealkylation sites (tertiary alicyclic amines) is 1. The Labute approximate surface area is 157 Å². The highest BCUT2D eigenvalue weighted by atomic mass is 16.4. The van der Waals surface area contributed by atoms with Crippen LogP contribution in [0.4, 0.5) is 0 Å². The molecule has 0 unspecified atom stereocenters. The van der Waals surface area contributed by atoms with Gasteiger partial charge in [-0.3, -0.25) is 15.0 Å². The van der Waals surface area contributed by atoms with E-state index in [2.05, 4.69) is 25.1 Å². The molecule has 1 fully saturated rings. The van der Waals surface area contributed by atoms with Crippen LogP contribution in [0, 0.1) is 0 Å². The molecule has 1 aliphatic rings. The molecule has 0 aliphatic carbocycles. The smallest absolute Gasteiger partial charge is 0.337 e. The topological polar surface area (TPSA) is 95.0 Å². The number of carbonyl (C=O) groups is 1. The molecule has 27 heavy (non-hydrogen) atoms. The molecule has 3 aromatic rings. The van der Waals surface area contributed by atoms with E-state index in [1.165, 1.54) is 6.20 Å². The Balaban J connectivity index is 1.34. The molecule has 1 saturated heterocycles. The van der Waals surface area contributed by atoms with E-state index in [1.807, 2.05) is 30.3 Å². The maximum atomic E-state index is 10.9. The fourth-order valence-electron chi connectivity index (χ4n) is 3.41. The standard InChI is InChI=1S/C20H21N5O2/c26-20(27)16-6-7-17(21-12-16)13-25-10-8-15(9-11-25)19-22-18(23-24-19)14-4-2-1-3-5-14/h1-7,12,15H,8-11,13H2,(H,26,27)(H,22,23,24). The van der Waals surface area contributed by atoms with Crippen molar-refractivity contribution in [3.05, 3.63) is 65.7 Å². The molecule has 0 radical (unpaired) electrons. The first-order valence-electron chi connectivity index (χ1n) is 9.07. The third kappa shape index (κ3) is 4.03. The highest BCUT2D eigenvalue weighted by Crippen LogP contribution is 2.27. The number of carboxylic acid groups (broad SMARTS) is 1. The zero-order valence-corrected chi connectivity index (χ0v) is 14.9. The normalized spacial score (nSPS) is 15.7. The van der Waals surface area contributed by atoms with Crippen LogP contribution >= 0.6 is 0 Å². The first-order valence-corrected chi connectivity index (χ1v) is 9.07. The number of aromatic amines is 1. The zero-order chi connectivity index (χ0) is 18.6. The Kier molecular flexibility index (Phi) is 4.93. The van der Waals surface area contributed by atoms with Gasteiger partial charge in [0, 0.05) is 24.2 Å². The van der Waals surface area contributed by atoms with E-state index in [9.17, 15) is 4.79 Å². The van der Waals surface area contributed by atoms with Crippen LogP contribution < -0.4 is 0 Å². The molecule has 4 rings (SSSR count). The van der Waals surface area contributed by atoms with Gasteiger partial charge >= 0.3 is 5.97 Å². The SMILES string of the molecule is O=C(O)c1ccc(CN2CCC(c3nc(-c4ccccc4)n[nH]3)CC2)nc1. The summed E-state index contributed by atoms with van der Waals surface area (Å²) in [5, 5.41) is 16.4. The van der Waals surface area contributed by atoms with Gasteiger partial charge in [-0.25, -0.2) is 9.78 Å². The number of aromatic carboxylic acids is 1. The molecule has 1 aliphatic heterocycles. The third-order valence-electron chi connectivity index (χ3n) is 4.97. The molecule has 0 atom stereocenters. The largest absolute Gasteiger partial charge is 0.478 e. The molecular formula is C20H21N5O2. The molecule has 138 valence electrons. The average Bonchev–Trinajstić information content (AvgIpc) is 3.20. The molecule has 7 nitrogen and oxygen atoms in total. The lowest BCUT2D eigenvalue weighted by atomic mass is 9.96. The highest BCUT2D eigenvalue weighted by molar-refractivity contribution is 5.87. The van der Waals surface area contributed by atoms with Gasteiger partial charge in [0.1, 0.15) is 5.82 Å². The van der Waals surface area contributed by atoms with E-state index in [1.54, 1.807) is 12.1 Å². The molecule has 2 aromatic heterocycles. The maximum Gasteiger partial charge on any atom is 0.337 e. The summed E-state index contributed by atoms with van der Waals surface area (Å²) in [7, 11) is 0. The van der Waals surface area contributed by atoms with Crippen LogP contribution in [0.5, 0.6) is 0 Å². The lowest BCUT2D eigenvalue weighted by Gasteiger charge is -2.30. The molecule has 3 heterocycles. The van der Waals surface area contributed by atoms with E-state index in [4.69, 9.17) is 5.11 Å². The summed E-state index contributed by atoms with van der Waals surface area (Å²) >= 11 is 0. The minimum Gasteiger partial charge on any atom is -0.478 e. The van der Waals surface area contributed by atoms with Gasteiger partial charge in [0.25, 0.3) is 0 Å². The molecule has 7 heteroatoms. The van der Waals surface area contributed by atoms with Gasteiger partial charge in [-0.1, -0.05) is 30.3 Å². The molecular weight excluding hydrogens is 342 g/mol. The quantitative estimate of drug-likeness (QED) is 0.724. The minimum atomic E-state index is -0.947. The minimum absolute atomic E-state index is 0.219. The monoisotopic (exact) mass is 363 g/mol. The number of hydrogen-bond donors (Lipinski definition) is 2. The summed E-state index contributed by atoms with van der Waals surface area (Å²) in [6, 6.07) is 13.4. The number of H-pyrrole nitrogens is 1. The van der Waals surface area contributed by atoms with Gasteiger partial charge in [-0.05, 0) is 38.1 Å². The lowest BCUT2D eigenvalue weighted by molar-refractivity contribution is 0.0696. The molecule has 0 spiro atoms. The van der Waals surface area contributed by atoms with Crippen LogP contribution in [0.15, 0.2) is 48.7 Å². The summed E-state index contributed by atoms with van der Waals surface area (Å²) in [6.07, 6.45) is 3.44. The molecule has 0 bridgehead atoms. The third-order valence-corrected chi connectivity index (χ3v) is 4.97. The summed E-state index contributed by atoms with van der Waals surface area (Å²) < 4.78 is 0. The first kappa shape index (κ1) is 17.4. The lowest BCUT2D eigenvalue weighted by Crippen LogP contribution is -2.33. The Bertz CT molecular complexity index is 900. The number of aromatic nitrogens is 4. The number of benzene rings is 1. The van der Waals surface area contributed by atoms with Gasteiger partial charge in [-0.2, -0.15) is 5.10 Å². The van der Waals surface area contributed by atoms with Crippen LogP contribution in [0.3, 0.4) is 0 Å². The summed E-state index contributed by atoms with van der Waals surface area (Å²) in [4.78, 5) is 22.2. The first-order chi connectivity index (χ1) is 13.2. The van der Waals surface area contributed by atoms with E-state index in [0.29, 0.717) is 5.92 Å². The predicted molar refractivity (Wildman–Crippen MR) is 100 cm³/mol. The van der Waals surface area contributed by atoms with Crippen molar-refractivity contribution in [2.75, 3.05) is 13.1 Å². The van der Waals surface area contributed by atoms with Crippen LogP contribution in [-0.4, -0.2) is 49.2 Å². The Morgan fingerprint density at radius 2 is 1.93 bits per heavy atom. The van der Waals surface area contributed by atoms with E-state index in [-0.39, 0.29) is 5.56 Å². The number of piperidine rings is 1. The van der Waals surface area contributed by atoms with Crippen molar-refractivity contribution in [1.29, 1.82) is 0 Å². The van der Waals surface area contributed by atoms with Crippen molar-refractivity contribution >= 4 is 5.97 Å². The average molecular weight is 363 g/mol. The van der Waals surface area contributed by atoms with E-state index < -0.39 is 5.97 Å². The highest BCUT2D eigenvalue weighted by Gasteiger charge is 2.23. The number of pyridine rings is 1. The van der Waals surface area contributed by atoms with Crippen LogP contribution in [-0.2, 0) is 6.54 Å². The van der Waals surface area contributed by atoms with Gasteiger partial charge in [-0.15, -0.1) is 0 Å². The number of nitrogens with one attached hydrogen (secondary N) is 1. The van der Waals surface area contributed by atoms with Crippen molar-refractivity contribution in [2.24, 2.45) is 0 Å². The number of hydrogen-bond acceptors (Lipinski definition) is 5. The second-order valence-corrected chi connectivity index (χ2v) is 6.80. The summed E-state index contributed by atoms with van der Waals surface area (Å²) in [5.41, 5.74) is 2.13. The van der Waals surface area contributed by atoms with E-state index >= 15 is 0 Å². The second-order valence-electron chi connectivity index (χ2n) is 6.80. The fraction of sp³-hybridized carbons (Fsp3) is 0.300. The molecule has 0 amide bonds. The Morgan fingerprint density at radius 3 is 2.59 bits per heavy atom. The number of rotatable bonds is 5. The van der Waals surface area contributed by atoms with Gasteiger partial charge in [0.05, 0.1) is 11.3 Å². The molecule has 0 saturated carbocycles. The van der Waals surface area contributed by atoms with Gasteiger partial charge < -0.3 is 5.11 Å². The van der Waals surface area contributed by atoms with E-state index in [0.717, 1.165) is 55.4 Å². The van der Waals surface area contributed by atoms with Crippen LogP contribution in [0.1, 0.15) is 40.6 Å². The van der Waals surface area contributed by atoms with Crippen molar-refractivity contribution in [2.45, 2.75) is 25.3 Å². The molecule has 1 aromatic carbocycles. The van der Waals surface area contributed by atoms with Crippen LogP contribution in [0.25, 0.3) is 11.4 Å². The van der Waals surface area contributed by atoms with Crippen LogP contribution in [0.2, 0.25) is 0 Å². The Hall–Kier alpha value is -3.06. The zero-order valence-electron chi connectivity index (χ0n) is 14.9. The number of nitrogens with zero attached hydrogens (tertiary/aromatic N) is 4. The Morgan fingerprint density at radius 1 is 1.15 bits per heavy atom. The second kappa shape index (κ2) is 7.67. The summed E-state index contributed by atoms with van der Waals surface area (Å²) in [5.74, 6) is 1.14. The molecule has 2 N–H and O–H groups in total. The van der Waals surface area contributed by atoms with Crippen molar-refractivity contribution in [1.82, 2.24) is 25.1 Å². The van der Waals surface area contributed by atoms with Crippen molar-refractivity contribution < 1.29 is 9.90 Å². The van der Waals surface area contributed by atoms with Gasteiger partial charge in [0.2, 0.25) is 0 Å². The van der Waals surface area contributed by atoms with Crippen molar-refractivity contribution in [3.8, 4) is 11.4 Å². The van der Waals surface area contributed by atoms with Gasteiger partial charge in [0.15, 0.2) is 5.82 Å². The summed E-state index contributed by atoms with van der Waals surface area (Å²) in [6.45, 7) is 2.64. The predicted octanol–water partition coefficient (Wildman–Crippen LogP) is 2.94. The maximum absolute atomic E-state index is 10.9. The van der Waals surface area contributed by atoms with Crippen molar-refractivity contribution in [3.63, 3.8) is 0 Å². The fourth-order valence-corrected chi connectivity index (χ4v) is 3.41.